The van der Waals surface area contributed by atoms with Gasteiger partial charge in [0.1, 0.15) is 0 Å². The molecular formula is C26H25ClN2O3S. The zero-order valence-corrected chi connectivity index (χ0v) is 20.2. The highest BCUT2D eigenvalue weighted by Crippen LogP contribution is 2.37. The summed E-state index contributed by atoms with van der Waals surface area (Å²) in [6.07, 6.45) is 0.860. The van der Waals surface area contributed by atoms with E-state index in [9.17, 15) is 4.79 Å². The number of rotatable bonds is 9. The van der Waals surface area contributed by atoms with Crippen LogP contribution in [0.1, 0.15) is 25.3 Å². The molecule has 4 aromatic rings. The average Bonchev–Trinajstić information content (AvgIpc) is 3.24. The molecule has 0 saturated heterocycles. The molecule has 0 aliphatic rings. The normalized spacial score (nSPS) is 10.9. The van der Waals surface area contributed by atoms with Crippen LogP contribution in [0.25, 0.3) is 10.2 Å². The zero-order chi connectivity index (χ0) is 23.2. The minimum Gasteiger partial charge on any atom is -0.490 e. The highest BCUT2D eigenvalue weighted by molar-refractivity contribution is 7.22. The van der Waals surface area contributed by atoms with Crippen LogP contribution in [0.2, 0.25) is 5.02 Å². The molecular weight excluding hydrogens is 456 g/mol. The lowest BCUT2D eigenvalue weighted by atomic mass is 10.1. The quantitative estimate of drug-likeness (QED) is 0.238. The molecule has 0 atom stereocenters. The van der Waals surface area contributed by atoms with Crippen molar-refractivity contribution in [3.63, 3.8) is 0 Å². The van der Waals surface area contributed by atoms with Gasteiger partial charge in [-0.1, -0.05) is 53.3 Å². The number of para-hydroxylation sites is 3. The number of benzene rings is 3. The van der Waals surface area contributed by atoms with Gasteiger partial charge in [0.05, 0.1) is 29.1 Å². The zero-order valence-electron chi connectivity index (χ0n) is 18.6. The summed E-state index contributed by atoms with van der Waals surface area (Å²) in [4.78, 5) is 19.8. The minimum atomic E-state index is -0.0545. The van der Waals surface area contributed by atoms with E-state index in [1.807, 2.05) is 80.6 Å². The fraction of sp³-hybridized carbons (Fsp3) is 0.231. The van der Waals surface area contributed by atoms with Crippen molar-refractivity contribution in [2.24, 2.45) is 0 Å². The maximum atomic E-state index is 13.4. The minimum absolute atomic E-state index is 0.0545. The van der Waals surface area contributed by atoms with Crippen LogP contribution in [0.3, 0.4) is 0 Å². The third-order valence-electron chi connectivity index (χ3n) is 5.14. The summed E-state index contributed by atoms with van der Waals surface area (Å²) in [5.74, 6) is 1.33. The molecule has 0 N–H and O–H groups in total. The standard InChI is InChI=1S/C26H25ClN2O3S/c1-3-31-22-13-5-6-14-23(22)32-17-9-16-25(30)29(21-12-8-10-19(27)18(21)2)26-28-20-11-4-7-15-24(20)33-26/h4-8,10-15H,3,9,16-17H2,1-2H3. The Balaban J connectivity index is 1.52. The van der Waals surface area contributed by atoms with Crippen LogP contribution in [0.15, 0.2) is 66.7 Å². The number of carbonyl (C=O) groups is 1. The second kappa shape index (κ2) is 10.7. The molecule has 170 valence electrons. The summed E-state index contributed by atoms with van der Waals surface area (Å²) in [6, 6.07) is 21.0. The van der Waals surface area contributed by atoms with Crippen LogP contribution < -0.4 is 14.4 Å². The van der Waals surface area contributed by atoms with Gasteiger partial charge in [0, 0.05) is 11.4 Å². The maximum absolute atomic E-state index is 13.4. The lowest BCUT2D eigenvalue weighted by Crippen LogP contribution is -2.26. The molecule has 0 unspecified atom stereocenters. The van der Waals surface area contributed by atoms with Gasteiger partial charge in [0.2, 0.25) is 5.91 Å². The first-order chi connectivity index (χ1) is 16.1. The predicted octanol–water partition coefficient (Wildman–Crippen LogP) is 7.18. The number of carbonyl (C=O) groups excluding carboxylic acids is 1. The van der Waals surface area contributed by atoms with E-state index in [0.29, 0.717) is 47.7 Å². The van der Waals surface area contributed by atoms with Gasteiger partial charge in [-0.2, -0.15) is 0 Å². The molecule has 0 spiro atoms. The first kappa shape index (κ1) is 23.1. The van der Waals surface area contributed by atoms with Gasteiger partial charge in [0.15, 0.2) is 16.6 Å². The fourth-order valence-electron chi connectivity index (χ4n) is 3.50. The third kappa shape index (κ3) is 5.29. The highest BCUT2D eigenvalue weighted by atomic mass is 35.5. The first-order valence-electron chi connectivity index (χ1n) is 10.9. The number of halogens is 1. The molecule has 0 aliphatic carbocycles. The summed E-state index contributed by atoms with van der Waals surface area (Å²) < 4.78 is 12.5. The number of thiazole rings is 1. The van der Waals surface area contributed by atoms with E-state index in [1.54, 1.807) is 4.90 Å². The molecule has 0 radical (unpaired) electrons. The SMILES string of the molecule is CCOc1ccccc1OCCCC(=O)N(c1nc2ccccc2s1)c1cccc(Cl)c1C. The van der Waals surface area contributed by atoms with Gasteiger partial charge < -0.3 is 9.47 Å². The van der Waals surface area contributed by atoms with Crippen LogP contribution >= 0.6 is 22.9 Å². The van der Waals surface area contributed by atoms with Gasteiger partial charge in [-0.25, -0.2) is 4.98 Å². The summed E-state index contributed by atoms with van der Waals surface area (Å²) >= 11 is 7.87. The van der Waals surface area contributed by atoms with Crippen molar-refractivity contribution in [3.05, 3.63) is 77.3 Å². The average molecular weight is 481 g/mol. The number of nitrogens with zero attached hydrogens (tertiary/aromatic N) is 2. The van der Waals surface area contributed by atoms with Crippen LogP contribution in [0.4, 0.5) is 10.8 Å². The number of ether oxygens (including phenoxy) is 2. The van der Waals surface area contributed by atoms with E-state index in [1.165, 1.54) is 11.3 Å². The highest BCUT2D eigenvalue weighted by Gasteiger charge is 2.23. The molecule has 1 aromatic heterocycles. The number of amides is 1. The Morgan fingerprint density at radius 1 is 1.00 bits per heavy atom. The van der Waals surface area contributed by atoms with E-state index in [2.05, 4.69) is 0 Å². The van der Waals surface area contributed by atoms with Gasteiger partial charge >= 0.3 is 0 Å². The van der Waals surface area contributed by atoms with E-state index in [0.717, 1.165) is 21.5 Å². The van der Waals surface area contributed by atoms with Crippen molar-refractivity contribution in [1.29, 1.82) is 0 Å². The van der Waals surface area contributed by atoms with Crippen LogP contribution in [-0.2, 0) is 4.79 Å². The summed E-state index contributed by atoms with van der Waals surface area (Å²) in [5, 5.41) is 1.25. The van der Waals surface area contributed by atoms with Crippen molar-refractivity contribution in [3.8, 4) is 11.5 Å². The Hall–Kier alpha value is -3.09. The lowest BCUT2D eigenvalue weighted by molar-refractivity contribution is -0.118. The molecule has 0 saturated carbocycles. The van der Waals surface area contributed by atoms with E-state index in [4.69, 9.17) is 26.1 Å². The summed E-state index contributed by atoms with van der Waals surface area (Å²) in [5.41, 5.74) is 2.45. The van der Waals surface area contributed by atoms with Crippen LogP contribution in [0, 0.1) is 6.92 Å². The lowest BCUT2D eigenvalue weighted by Gasteiger charge is -2.22. The van der Waals surface area contributed by atoms with Gasteiger partial charge in [0.25, 0.3) is 0 Å². The second-order valence-electron chi connectivity index (χ2n) is 7.41. The summed E-state index contributed by atoms with van der Waals surface area (Å²) in [6.45, 7) is 4.82. The monoisotopic (exact) mass is 480 g/mol. The van der Waals surface area contributed by atoms with Crippen molar-refractivity contribution in [2.45, 2.75) is 26.7 Å². The number of anilines is 2. The molecule has 0 aliphatic heterocycles. The molecule has 7 heteroatoms. The van der Waals surface area contributed by atoms with E-state index < -0.39 is 0 Å². The molecule has 0 fully saturated rings. The number of fused-ring (bicyclic) bond motifs is 1. The van der Waals surface area contributed by atoms with Gasteiger partial charge in [-0.3, -0.25) is 9.69 Å². The van der Waals surface area contributed by atoms with Gasteiger partial charge in [-0.05, 0) is 62.2 Å². The van der Waals surface area contributed by atoms with E-state index >= 15 is 0 Å². The van der Waals surface area contributed by atoms with Crippen LogP contribution in [0.5, 0.6) is 11.5 Å². The van der Waals surface area contributed by atoms with Crippen molar-refractivity contribution in [2.75, 3.05) is 18.1 Å². The Morgan fingerprint density at radius 2 is 1.73 bits per heavy atom. The smallest absolute Gasteiger partial charge is 0.233 e. The molecule has 1 heterocycles. The number of hydrogen-bond donors (Lipinski definition) is 0. The Kier molecular flexibility index (Phi) is 7.47. The molecule has 33 heavy (non-hydrogen) atoms. The predicted molar refractivity (Wildman–Crippen MR) is 135 cm³/mol. The molecule has 4 rings (SSSR count). The number of aromatic nitrogens is 1. The number of hydrogen-bond acceptors (Lipinski definition) is 5. The Labute approximate surface area is 202 Å². The largest absolute Gasteiger partial charge is 0.490 e. The Morgan fingerprint density at radius 3 is 2.48 bits per heavy atom. The van der Waals surface area contributed by atoms with Gasteiger partial charge in [-0.15, -0.1) is 0 Å². The first-order valence-corrected chi connectivity index (χ1v) is 12.1. The molecule has 0 bridgehead atoms. The second-order valence-corrected chi connectivity index (χ2v) is 8.83. The van der Waals surface area contributed by atoms with Crippen molar-refractivity contribution < 1.29 is 14.3 Å². The molecule has 1 amide bonds. The maximum Gasteiger partial charge on any atom is 0.233 e. The van der Waals surface area contributed by atoms with Crippen LogP contribution in [-0.4, -0.2) is 24.1 Å². The fourth-order valence-corrected chi connectivity index (χ4v) is 4.67. The third-order valence-corrected chi connectivity index (χ3v) is 6.58. The van der Waals surface area contributed by atoms with Crippen molar-refractivity contribution in [1.82, 2.24) is 4.98 Å². The molecule has 5 nitrogen and oxygen atoms in total. The Bertz CT molecular complexity index is 1220. The molecule has 3 aromatic carbocycles. The van der Waals surface area contributed by atoms with Crippen molar-refractivity contribution >= 4 is 49.9 Å². The summed E-state index contributed by atoms with van der Waals surface area (Å²) in [7, 11) is 0. The topological polar surface area (TPSA) is 51.7 Å². The van der Waals surface area contributed by atoms with E-state index in [-0.39, 0.29) is 5.91 Å².